The normalized spacial score (nSPS) is 15.5. The first-order valence-corrected chi connectivity index (χ1v) is 11.0. The number of piperazine rings is 1. The van der Waals surface area contributed by atoms with Crippen LogP contribution < -0.4 is 4.72 Å². The van der Waals surface area contributed by atoms with Crippen LogP contribution in [0.4, 0.5) is 5.69 Å². The highest BCUT2D eigenvalue weighted by atomic mass is 32.2. The van der Waals surface area contributed by atoms with Crippen LogP contribution in [0.3, 0.4) is 0 Å². The summed E-state index contributed by atoms with van der Waals surface area (Å²) in [5.41, 5.74) is 2.98. The standard InChI is InChI=1S/C21H27N3O3S/c1-4-23-12-14-24(15-13-23)21(25)18-8-10-19(11-9-18)28(26,27)22-20-7-5-6-16(2)17(20)3/h5-11,22H,4,12-15H2,1-3H3. The van der Waals surface area contributed by atoms with Crippen molar-refractivity contribution in [3.05, 3.63) is 59.2 Å². The van der Waals surface area contributed by atoms with E-state index in [2.05, 4.69) is 16.5 Å². The third kappa shape index (κ3) is 4.36. The molecular weight excluding hydrogens is 374 g/mol. The van der Waals surface area contributed by atoms with Gasteiger partial charge in [-0.25, -0.2) is 8.42 Å². The predicted molar refractivity (Wildman–Crippen MR) is 111 cm³/mol. The van der Waals surface area contributed by atoms with Gasteiger partial charge in [-0.2, -0.15) is 0 Å². The van der Waals surface area contributed by atoms with Crippen LogP contribution in [0.5, 0.6) is 0 Å². The van der Waals surface area contributed by atoms with Crippen molar-refractivity contribution in [1.82, 2.24) is 9.80 Å². The van der Waals surface area contributed by atoms with Gasteiger partial charge in [0.1, 0.15) is 0 Å². The zero-order valence-electron chi connectivity index (χ0n) is 16.6. The summed E-state index contributed by atoms with van der Waals surface area (Å²) in [7, 11) is -3.71. The number of aryl methyl sites for hydroxylation is 1. The van der Waals surface area contributed by atoms with Gasteiger partial charge in [-0.3, -0.25) is 9.52 Å². The Morgan fingerprint density at radius 3 is 2.25 bits per heavy atom. The molecule has 2 aromatic carbocycles. The molecule has 1 saturated heterocycles. The van der Waals surface area contributed by atoms with Crippen molar-refractivity contribution >= 4 is 21.6 Å². The van der Waals surface area contributed by atoms with Crippen molar-refractivity contribution in [3.63, 3.8) is 0 Å². The number of hydrogen-bond donors (Lipinski definition) is 1. The number of amides is 1. The summed E-state index contributed by atoms with van der Waals surface area (Å²) < 4.78 is 28.0. The Labute approximate surface area is 167 Å². The Hall–Kier alpha value is -2.38. The molecule has 2 aromatic rings. The molecule has 28 heavy (non-hydrogen) atoms. The lowest BCUT2D eigenvalue weighted by molar-refractivity contribution is 0.0643. The first kappa shape index (κ1) is 20.4. The van der Waals surface area contributed by atoms with E-state index in [1.54, 1.807) is 18.2 Å². The van der Waals surface area contributed by atoms with E-state index in [9.17, 15) is 13.2 Å². The molecule has 6 nitrogen and oxygen atoms in total. The number of nitrogens with one attached hydrogen (secondary N) is 1. The van der Waals surface area contributed by atoms with Crippen molar-refractivity contribution in [3.8, 4) is 0 Å². The number of benzene rings is 2. The smallest absolute Gasteiger partial charge is 0.261 e. The van der Waals surface area contributed by atoms with Gasteiger partial charge in [0.2, 0.25) is 0 Å². The molecule has 7 heteroatoms. The lowest BCUT2D eigenvalue weighted by atomic mass is 10.1. The van der Waals surface area contributed by atoms with Crippen LogP contribution in [-0.4, -0.2) is 56.8 Å². The summed E-state index contributed by atoms with van der Waals surface area (Å²) in [6, 6.07) is 11.7. The van der Waals surface area contributed by atoms with E-state index < -0.39 is 10.0 Å². The molecule has 0 radical (unpaired) electrons. The van der Waals surface area contributed by atoms with Crippen LogP contribution in [0.2, 0.25) is 0 Å². The summed E-state index contributed by atoms with van der Waals surface area (Å²) in [6.45, 7) is 10.1. The molecule has 1 heterocycles. The second-order valence-corrected chi connectivity index (χ2v) is 8.79. The van der Waals surface area contributed by atoms with Gasteiger partial charge >= 0.3 is 0 Å². The molecule has 150 valence electrons. The summed E-state index contributed by atoms with van der Waals surface area (Å²) >= 11 is 0. The fourth-order valence-electron chi connectivity index (χ4n) is 3.29. The van der Waals surface area contributed by atoms with E-state index in [-0.39, 0.29) is 10.8 Å². The highest BCUT2D eigenvalue weighted by molar-refractivity contribution is 7.92. The molecule has 0 bridgehead atoms. The second kappa shape index (κ2) is 8.32. The molecule has 0 atom stereocenters. The van der Waals surface area contributed by atoms with Crippen LogP contribution in [0, 0.1) is 13.8 Å². The molecule has 0 aromatic heterocycles. The molecule has 1 amide bonds. The van der Waals surface area contributed by atoms with Crippen molar-refractivity contribution in [1.29, 1.82) is 0 Å². The second-order valence-electron chi connectivity index (χ2n) is 7.10. The monoisotopic (exact) mass is 401 g/mol. The number of nitrogens with zero attached hydrogens (tertiary/aromatic N) is 2. The maximum absolute atomic E-state index is 12.7. The van der Waals surface area contributed by atoms with Crippen LogP contribution in [-0.2, 0) is 10.0 Å². The fraction of sp³-hybridized carbons (Fsp3) is 0.381. The van der Waals surface area contributed by atoms with E-state index in [1.165, 1.54) is 12.1 Å². The number of carbonyl (C=O) groups is 1. The summed E-state index contributed by atoms with van der Waals surface area (Å²) in [6.07, 6.45) is 0. The van der Waals surface area contributed by atoms with Gasteiger partial charge in [-0.1, -0.05) is 19.1 Å². The minimum atomic E-state index is -3.71. The van der Waals surface area contributed by atoms with E-state index in [1.807, 2.05) is 30.9 Å². The molecule has 1 aliphatic heterocycles. The molecule has 3 rings (SSSR count). The first-order chi connectivity index (χ1) is 13.3. The Balaban J connectivity index is 1.73. The first-order valence-electron chi connectivity index (χ1n) is 9.52. The summed E-state index contributed by atoms with van der Waals surface area (Å²) in [5, 5.41) is 0. The maximum Gasteiger partial charge on any atom is 0.261 e. The van der Waals surface area contributed by atoms with Gasteiger partial charge in [0.05, 0.1) is 10.6 Å². The number of likely N-dealkylation sites (N-methyl/N-ethyl adjacent to an activating group) is 1. The average molecular weight is 402 g/mol. The number of anilines is 1. The van der Waals surface area contributed by atoms with Gasteiger partial charge in [0.15, 0.2) is 0 Å². The topological polar surface area (TPSA) is 69.7 Å². The van der Waals surface area contributed by atoms with Crippen LogP contribution in [0.25, 0.3) is 0 Å². The van der Waals surface area contributed by atoms with E-state index in [4.69, 9.17) is 0 Å². The largest absolute Gasteiger partial charge is 0.336 e. The lowest BCUT2D eigenvalue weighted by Gasteiger charge is -2.34. The van der Waals surface area contributed by atoms with Crippen LogP contribution in [0.15, 0.2) is 47.4 Å². The van der Waals surface area contributed by atoms with Crippen molar-refractivity contribution < 1.29 is 13.2 Å². The summed E-state index contributed by atoms with van der Waals surface area (Å²) in [5.74, 6) is -0.0535. The highest BCUT2D eigenvalue weighted by Gasteiger charge is 2.22. The van der Waals surface area contributed by atoms with Crippen LogP contribution >= 0.6 is 0 Å². The third-order valence-electron chi connectivity index (χ3n) is 5.37. The minimum Gasteiger partial charge on any atom is -0.336 e. The third-order valence-corrected chi connectivity index (χ3v) is 6.75. The van der Waals surface area contributed by atoms with E-state index >= 15 is 0 Å². The Morgan fingerprint density at radius 1 is 1.00 bits per heavy atom. The van der Waals surface area contributed by atoms with Crippen molar-refractivity contribution in [2.75, 3.05) is 37.4 Å². The predicted octanol–water partition coefficient (Wildman–Crippen LogP) is 2.88. The number of rotatable bonds is 5. The lowest BCUT2D eigenvalue weighted by Crippen LogP contribution is -2.48. The Morgan fingerprint density at radius 2 is 1.64 bits per heavy atom. The molecule has 1 N–H and O–H groups in total. The van der Waals surface area contributed by atoms with E-state index in [0.29, 0.717) is 24.3 Å². The minimum absolute atomic E-state index is 0.0535. The molecule has 0 aliphatic carbocycles. The van der Waals surface area contributed by atoms with Crippen molar-refractivity contribution in [2.24, 2.45) is 0 Å². The SMILES string of the molecule is CCN1CCN(C(=O)c2ccc(S(=O)(=O)Nc3cccc(C)c3C)cc2)CC1. The Bertz CT molecular complexity index is 947. The number of hydrogen-bond acceptors (Lipinski definition) is 4. The van der Waals surface area contributed by atoms with Gasteiger partial charge in [-0.15, -0.1) is 0 Å². The molecule has 0 saturated carbocycles. The average Bonchev–Trinajstić information content (AvgIpc) is 2.71. The van der Waals surface area contributed by atoms with Crippen molar-refractivity contribution in [2.45, 2.75) is 25.7 Å². The number of carbonyl (C=O) groups excluding carboxylic acids is 1. The molecular formula is C21H27N3O3S. The quantitative estimate of drug-likeness (QED) is 0.836. The zero-order valence-corrected chi connectivity index (χ0v) is 17.4. The molecule has 0 unspecified atom stereocenters. The molecule has 0 spiro atoms. The van der Waals surface area contributed by atoms with Gasteiger partial charge in [-0.05, 0) is 61.9 Å². The van der Waals surface area contributed by atoms with E-state index in [0.717, 1.165) is 30.8 Å². The van der Waals surface area contributed by atoms with Gasteiger partial charge < -0.3 is 9.80 Å². The van der Waals surface area contributed by atoms with Gasteiger partial charge in [0, 0.05) is 31.7 Å². The van der Waals surface area contributed by atoms with Crippen LogP contribution in [0.1, 0.15) is 28.4 Å². The number of sulfonamides is 1. The highest BCUT2D eigenvalue weighted by Crippen LogP contribution is 2.22. The fourth-order valence-corrected chi connectivity index (χ4v) is 4.41. The van der Waals surface area contributed by atoms with Gasteiger partial charge in [0.25, 0.3) is 15.9 Å². The maximum atomic E-state index is 12.7. The molecule has 1 fully saturated rings. The molecule has 1 aliphatic rings. The zero-order chi connectivity index (χ0) is 20.3. The summed E-state index contributed by atoms with van der Waals surface area (Å²) in [4.78, 5) is 16.9. The Kier molecular flexibility index (Phi) is 6.05.